The Bertz CT molecular complexity index is 905. The Morgan fingerprint density at radius 3 is 2.68 bits per heavy atom. The van der Waals surface area contributed by atoms with Gasteiger partial charge in [-0.1, -0.05) is 12.1 Å². The Kier molecular flexibility index (Phi) is 5.67. The lowest BCUT2D eigenvalue weighted by Gasteiger charge is -2.20. The van der Waals surface area contributed by atoms with Crippen molar-refractivity contribution < 1.29 is 23.5 Å². The van der Waals surface area contributed by atoms with Gasteiger partial charge in [-0.05, 0) is 39.0 Å². The zero-order chi connectivity index (χ0) is 20.3. The molecule has 3 amide bonds. The molecule has 1 aromatic heterocycles. The van der Waals surface area contributed by atoms with Crippen LogP contribution in [-0.4, -0.2) is 30.9 Å². The Morgan fingerprint density at radius 2 is 2.00 bits per heavy atom. The highest BCUT2D eigenvalue weighted by Gasteiger charge is 2.36. The number of para-hydroxylation sites is 2. The van der Waals surface area contributed by atoms with Crippen LogP contribution < -0.4 is 20.5 Å². The van der Waals surface area contributed by atoms with Crippen molar-refractivity contribution in [2.75, 3.05) is 18.1 Å². The van der Waals surface area contributed by atoms with E-state index in [0.717, 1.165) is 0 Å². The summed E-state index contributed by atoms with van der Waals surface area (Å²) in [5.74, 6) is 0.0487. The van der Waals surface area contributed by atoms with Crippen LogP contribution in [0.25, 0.3) is 0 Å². The molecule has 1 fully saturated rings. The van der Waals surface area contributed by atoms with Crippen LogP contribution in [0.1, 0.15) is 35.2 Å². The molecule has 0 aliphatic carbocycles. The molecule has 1 aromatic carbocycles. The molecule has 28 heavy (non-hydrogen) atoms. The van der Waals surface area contributed by atoms with Gasteiger partial charge in [0.2, 0.25) is 11.8 Å². The lowest BCUT2D eigenvalue weighted by atomic mass is 10.1. The summed E-state index contributed by atoms with van der Waals surface area (Å²) in [4.78, 5) is 38.6. The molecule has 0 bridgehead atoms. The number of hydrogen-bond acceptors (Lipinski definition) is 5. The van der Waals surface area contributed by atoms with Gasteiger partial charge in [0.1, 0.15) is 17.3 Å². The molecule has 148 valence electrons. The van der Waals surface area contributed by atoms with Crippen LogP contribution in [0.5, 0.6) is 5.75 Å². The summed E-state index contributed by atoms with van der Waals surface area (Å²) in [5.41, 5.74) is 5.77. The van der Waals surface area contributed by atoms with Gasteiger partial charge in [-0.25, -0.2) is 0 Å². The van der Waals surface area contributed by atoms with Crippen LogP contribution in [0.2, 0.25) is 0 Å². The van der Waals surface area contributed by atoms with Crippen molar-refractivity contribution in [3.05, 3.63) is 47.4 Å². The molecule has 2 heterocycles. The number of carbonyl (C=O) groups is 3. The Hall–Kier alpha value is -3.29. The minimum atomic E-state index is -0.574. The quantitative estimate of drug-likeness (QED) is 0.768. The molecule has 1 aliphatic heterocycles. The number of carbonyl (C=O) groups excluding carboxylic acids is 3. The van der Waals surface area contributed by atoms with Gasteiger partial charge in [0.15, 0.2) is 0 Å². The topological polar surface area (TPSA) is 101 Å². The van der Waals surface area contributed by atoms with Gasteiger partial charge in [-0.2, -0.15) is 0 Å². The molecule has 1 aliphatic rings. The van der Waals surface area contributed by atoms with Gasteiger partial charge in [-0.3, -0.25) is 25.2 Å². The van der Waals surface area contributed by atoms with Crippen molar-refractivity contribution in [2.24, 2.45) is 5.92 Å². The third-order valence-corrected chi connectivity index (χ3v) is 4.54. The van der Waals surface area contributed by atoms with Crippen LogP contribution in [-0.2, 0) is 9.59 Å². The van der Waals surface area contributed by atoms with E-state index < -0.39 is 17.7 Å². The van der Waals surface area contributed by atoms with E-state index in [9.17, 15) is 14.4 Å². The van der Waals surface area contributed by atoms with Gasteiger partial charge in [0, 0.05) is 13.0 Å². The van der Waals surface area contributed by atoms with Crippen molar-refractivity contribution in [3.63, 3.8) is 0 Å². The fourth-order valence-corrected chi connectivity index (χ4v) is 3.22. The van der Waals surface area contributed by atoms with Gasteiger partial charge in [-0.15, -0.1) is 0 Å². The molecule has 0 saturated carbocycles. The summed E-state index contributed by atoms with van der Waals surface area (Å²) in [6.07, 6.45) is 0.0615. The number of rotatable bonds is 5. The first-order valence-corrected chi connectivity index (χ1v) is 9.10. The second-order valence-corrected chi connectivity index (χ2v) is 6.58. The van der Waals surface area contributed by atoms with Crippen molar-refractivity contribution in [2.45, 2.75) is 27.2 Å². The van der Waals surface area contributed by atoms with Crippen molar-refractivity contribution >= 4 is 23.4 Å². The summed E-state index contributed by atoms with van der Waals surface area (Å²) < 4.78 is 10.9. The number of ether oxygens (including phenoxy) is 1. The molecule has 0 unspecified atom stereocenters. The van der Waals surface area contributed by atoms with Crippen LogP contribution in [0.4, 0.5) is 5.69 Å². The smallest absolute Gasteiger partial charge is 0.273 e. The zero-order valence-corrected chi connectivity index (χ0v) is 16.1. The SMILES string of the molecule is CCOc1ccccc1N1C[C@H](C(=O)NNC(=O)c2cc(C)oc2C)CC1=O. The van der Waals surface area contributed by atoms with Crippen LogP contribution in [0, 0.1) is 19.8 Å². The number of anilines is 1. The summed E-state index contributed by atoms with van der Waals surface area (Å²) in [5, 5.41) is 0. The predicted molar refractivity (Wildman–Crippen MR) is 102 cm³/mol. The van der Waals surface area contributed by atoms with E-state index in [0.29, 0.717) is 35.1 Å². The molecule has 1 saturated heterocycles. The van der Waals surface area contributed by atoms with Crippen LogP contribution >= 0.6 is 0 Å². The molecule has 8 nitrogen and oxygen atoms in total. The summed E-state index contributed by atoms with van der Waals surface area (Å²) >= 11 is 0. The molecule has 1 atom stereocenters. The van der Waals surface area contributed by atoms with E-state index in [-0.39, 0.29) is 18.9 Å². The van der Waals surface area contributed by atoms with E-state index in [1.54, 1.807) is 36.9 Å². The van der Waals surface area contributed by atoms with Gasteiger partial charge in [0.05, 0.1) is 23.8 Å². The number of furan rings is 1. The first-order chi connectivity index (χ1) is 13.4. The first kappa shape index (κ1) is 19.5. The maximum Gasteiger partial charge on any atom is 0.273 e. The number of aryl methyl sites for hydroxylation is 2. The standard InChI is InChI=1S/C20H23N3O5/c1-4-27-17-8-6-5-7-16(17)23-11-14(10-18(23)24)19(25)21-22-20(26)15-9-12(2)28-13(15)3/h5-9,14H,4,10-11H2,1-3H3,(H,21,25)(H,22,26)/t14-/m1/s1. The molecular weight excluding hydrogens is 362 g/mol. The third-order valence-electron chi connectivity index (χ3n) is 4.54. The molecule has 0 spiro atoms. The number of nitrogens with one attached hydrogen (secondary N) is 2. The average molecular weight is 385 g/mol. The Balaban J connectivity index is 1.63. The summed E-state index contributed by atoms with van der Waals surface area (Å²) in [7, 11) is 0. The molecule has 2 N–H and O–H groups in total. The van der Waals surface area contributed by atoms with Gasteiger partial charge < -0.3 is 14.1 Å². The molecule has 0 radical (unpaired) electrons. The minimum absolute atomic E-state index is 0.0615. The maximum absolute atomic E-state index is 12.4. The summed E-state index contributed by atoms with van der Waals surface area (Å²) in [6.45, 7) is 5.97. The average Bonchev–Trinajstić information content (AvgIpc) is 3.22. The van der Waals surface area contributed by atoms with E-state index in [1.807, 2.05) is 19.1 Å². The van der Waals surface area contributed by atoms with E-state index in [4.69, 9.17) is 9.15 Å². The fourth-order valence-electron chi connectivity index (χ4n) is 3.22. The van der Waals surface area contributed by atoms with Crippen LogP contribution in [0.3, 0.4) is 0 Å². The Labute approximate surface area is 162 Å². The highest BCUT2D eigenvalue weighted by molar-refractivity contribution is 6.02. The fraction of sp³-hybridized carbons (Fsp3) is 0.350. The lowest BCUT2D eigenvalue weighted by molar-refractivity contribution is -0.126. The van der Waals surface area contributed by atoms with Crippen molar-refractivity contribution in [1.82, 2.24) is 10.9 Å². The molecule has 2 aromatic rings. The number of hydrogen-bond donors (Lipinski definition) is 2. The molecule has 3 rings (SSSR count). The summed E-state index contributed by atoms with van der Waals surface area (Å²) in [6, 6.07) is 8.81. The number of benzene rings is 1. The second-order valence-electron chi connectivity index (χ2n) is 6.58. The lowest BCUT2D eigenvalue weighted by Crippen LogP contribution is -2.45. The van der Waals surface area contributed by atoms with Gasteiger partial charge in [0.25, 0.3) is 5.91 Å². The predicted octanol–water partition coefficient (Wildman–Crippen LogP) is 2.11. The number of nitrogens with zero attached hydrogens (tertiary/aromatic N) is 1. The highest BCUT2D eigenvalue weighted by atomic mass is 16.5. The van der Waals surface area contributed by atoms with Crippen molar-refractivity contribution in [3.8, 4) is 5.75 Å². The minimum Gasteiger partial charge on any atom is -0.492 e. The highest BCUT2D eigenvalue weighted by Crippen LogP contribution is 2.33. The monoisotopic (exact) mass is 385 g/mol. The third kappa shape index (κ3) is 4.00. The van der Waals surface area contributed by atoms with E-state index in [2.05, 4.69) is 10.9 Å². The van der Waals surface area contributed by atoms with Crippen molar-refractivity contribution in [1.29, 1.82) is 0 Å². The van der Waals surface area contributed by atoms with E-state index >= 15 is 0 Å². The van der Waals surface area contributed by atoms with Gasteiger partial charge >= 0.3 is 0 Å². The Morgan fingerprint density at radius 1 is 1.25 bits per heavy atom. The van der Waals surface area contributed by atoms with E-state index in [1.165, 1.54) is 0 Å². The largest absolute Gasteiger partial charge is 0.492 e. The second kappa shape index (κ2) is 8.16. The zero-order valence-electron chi connectivity index (χ0n) is 16.1. The molecule has 8 heteroatoms. The number of amides is 3. The normalized spacial score (nSPS) is 16.2. The van der Waals surface area contributed by atoms with Crippen LogP contribution in [0.15, 0.2) is 34.7 Å². The molecular formula is C20H23N3O5. The first-order valence-electron chi connectivity index (χ1n) is 9.10. The maximum atomic E-state index is 12.4. The number of hydrazine groups is 1.